The maximum absolute atomic E-state index is 13.1. The number of phosphoric ester groups is 2. The summed E-state index contributed by atoms with van der Waals surface area (Å²) in [6.07, 6.45) is 4.74. The molecule has 4 aromatic rings. The average Bonchev–Trinajstić information content (AvgIpc) is 3.10. The number of phosphoric acid groups is 2. The van der Waals surface area contributed by atoms with Crippen molar-refractivity contribution in [1.82, 2.24) is 0 Å². The van der Waals surface area contributed by atoms with Crippen LogP contribution in [0.3, 0.4) is 0 Å². The van der Waals surface area contributed by atoms with Crippen LogP contribution in [-0.2, 0) is 69.3 Å². The summed E-state index contributed by atoms with van der Waals surface area (Å²) in [5.41, 5.74) is 11.3. The van der Waals surface area contributed by atoms with Crippen LogP contribution in [-0.4, -0.2) is 32.6 Å². The minimum atomic E-state index is -4.36. The zero-order valence-electron chi connectivity index (χ0n) is 40.2. The second-order valence-electron chi connectivity index (χ2n) is 20.6. The van der Waals surface area contributed by atoms with E-state index in [4.69, 9.17) is 18.1 Å². The van der Waals surface area contributed by atoms with E-state index in [2.05, 4.69) is 159 Å². The minimum absolute atomic E-state index is 0. The van der Waals surface area contributed by atoms with Crippen LogP contribution in [0.5, 0.6) is 23.0 Å². The van der Waals surface area contributed by atoms with Crippen LogP contribution in [0.1, 0.15) is 178 Å². The van der Waals surface area contributed by atoms with Crippen molar-refractivity contribution in [1.29, 1.82) is 0 Å². The Hall–Kier alpha value is -3.05. The zero-order chi connectivity index (χ0) is 45.0. The van der Waals surface area contributed by atoms with Gasteiger partial charge in [-0.15, -0.1) is 0 Å². The third kappa shape index (κ3) is 12.2. The maximum Gasteiger partial charge on any atom is 0.584 e. The molecular formula is C50H72AlO9P2. The molecule has 0 fully saturated rings. The van der Waals surface area contributed by atoms with E-state index in [-0.39, 0.29) is 44.5 Å². The molecule has 2 aliphatic heterocycles. The highest BCUT2D eigenvalue weighted by Gasteiger charge is 2.38. The average molecular weight is 906 g/mol. The molecule has 0 unspecified atom stereocenters. The third-order valence-electron chi connectivity index (χ3n) is 11.4. The summed E-state index contributed by atoms with van der Waals surface area (Å²) >= 11 is 0. The number of aryl methyl sites for hydroxylation is 4. The molecule has 4 N–H and O–H groups in total. The summed E-state index contributed by atoms with van der Waals surface area (Å²) < 4.78 is 49.2. The number of fused-ring (bicyclic) bond motifs is 4. The van der Waals surface area contributed by atoms with Crippen LogP contribution in [0.2, 0.25) is 0 Å². The summed E-state index contributed by atoms with van der Waals surface area (Å²) in [6, 6.07) is 16.8. The first-order valence-corrected chi connectivity index (χ1v) is 24.6. The molecule has 0 saturated heterocycles. The van der Waals surface area contributed by atoms with Crippen molar-refractivity contribution in [2.75, 3.05) is 0 Å². The Morgan fingerprint density at radius 3 is 0.742 bits per heavy atom. The number of hydrogen-bond donors (Lipinski definition) is 2. The van der Waals surface area contributed by atoms with E-state index in [0.717, 1.165) is 70.2 Å². The lowest BCUT2D eigenvalue weighted by atomic mass is 9.81. The van der Waals surface area contributed by atoms with Gasteiger partial charge in [0.2, 0.25) is 0 Å². The van der Waals surface area contributed by atoms with Crippen LogP contribution < -0.4 is 18.1 Å². The molecule has 339 valence electrons. The van der Waals surface area contributed by atoms with Crippen LogP contribution in [0.25, 0.3) is 0 Å². The van der Waals surface area contributed by atoms with Gasteiger partial charge in [0.25, 0.3) is 0 Å². The fourth-order valence-electron chi connectivity index (χ4n) is 7.93. The number of benzene rings is 4. The first kappa shape index (κ1) is 53.3. The predicted octanol–water partition coefficient (Wildman–Crippen LogP) is 12.5. The van der Waals surface area contributed by atoms with Crippen molar-refractivity contribution in [3.05, 3.63) is 115 Å². The van der Waals surface area contributed by atoms with Gasteiger partial charge in [0.1, 0.15) is 23.0 Å². The van der Waals surface area contributed by atoms with Crippen molar-refractivity contribution in [3.63, 3.8) is 0 Å². The van der Waals surface area contributed by atoms with E-state index in [1.807, 2.05) is 0 Å². The molecule has 0 spiro atoms. The Bertz CT molecular complexity index is 2040. The summed E-state index contributed by atoms with van der Waals surface area (Å²) in [6.45, 7) is 33.6. The zero-order valence-corrected chi connectivity index (χ0v) is 43.1. The molecule has 4 aromatic carbocycles. The smallest absolute Gasteiger partial charge is 0.412 e. The molecule has 0 bridgehead atoms. The SMILES string of the molecule is CCc1cc2c(c(C(C)(C)C)c1)OP(=O)(O)Oc1c(cc(CC)cc1C(C)(C)C)C2.CCc1cc2c(c(C(C)(C)C)c1)OP(=O)(O)Oc1c(cc(CC)cc1C(C)(C)C)C2.O.[Al]. The van der Waals surface area contributed by atoms with Crippen molar-refractivity contribution < 1.29 is 42.5 Å². The van der Waals surface area contributed by atoms with Crippen LogP contribution >= 0.6 is 15.6 Å². The Labute approximate surface area is 383 Å². The molecule has 62 heavy (non-hydrogen) atoms. The van der Waals surface area contributed by atoms with Gasteiger partial charge in [0.05, 0.1) is 0 Å². The second-order valence-corrected chi connectivity index (χ2v) is 23.2. The molecule has 0 saturated carbocycles. The topological polar surface area (TPSA) is 143 Å². The lowest BCUT2D eigenvalue weighted by Gasteiger charge is -2.31. The van der Waals surface area contributed by atoms with Gasteiger partial charge in [0, 0.05) is 52.5 Å². The highest BCUT2D eigenvalue weighted by molar-refractivity contribution is 7.48. The summed E-state index contributed by atoms with van der Waals surface area (Å²) in [7, 11) is -8.73. The highest BCUT2D eigenvalue weighted by Crippen LogP contribution is 2.55. The quantitative estimate of drug-likeness (QED) is 0.152. The molecule has 9 nitrogen and oxygen atoms in total. The normalized spacial score (nSPS) is 15.4. The first-order valence-electron chi connectivity index (χ1n) is 21.6. The Balaban J connectivity index is 0.000000320. The van der Waals surface area contributed by atoms with Crippen LogP contribution in [0, 0.1) is 0 Å². The van der Waals surface area contributed by atoms with Crippen LogP contribution in [0.4, 0.5) is 0 Å². The number of hydrogen-bond acceptors (Lipinski definition) is 6. The van der Waals surface area contributed by atoms with Crippen molar-refractivity contribution in [2.45, 2.75) is 171 Å². The molecule has 0 amide bonds. The van der Waals surface area contributed by atoms with E-state index in [0.29, 0.717) is 35.8 Å². The van der Waals surface area contributed by atoms with Gasteiger partial charge in [-0.3, -0.25) is 9.79 Å². The summed E-state index contributed by atoms with van der Waals surface area (Å²) in [5, 5.41) is 0. The second kappa shape index (κ2) is 19.2. The lowest BCUT2D eigenvalue weighted by Crippen LogP contribution is -2.20. The molecule has 2 heterocycles. The molecule has 0 aromatic heterocycles. The van der Waals surface area contributed by atoms with Gasteiger partial charge >= 0.3 is 15.6 Å². The molecule has 3 radical (unpaired) electrons. The molecule has 0 atom stereocenters. The summed E-state index contributed by atoms with van der Waals surface area (Å²) in [5.74, 6) is 1.93. The fourth-order valence-corrected chi connectivity index (χ4v) is 9.79. The van der Waals surface area contributed by atoms with Gasteiger partial charge < -0.3 is 23.6 Å². The molecule has 2 aliphatic rings. The van der Waals surface area contributed by atoms with E-state index >= 15 is 0 Å². The van der Waals surface area contributed by atoms with Gasteiger partial charge in [-0.05, 0) is 91.9 Å². The van der Waals surface area contributed by atoms with Crippen LogP contribution in [0.15, 0.2) is 48.5 Å². The van der Waals surface area contributed by atoms with E-state index in [1.54, 1.807) is 0 Å². The maximum atomic E-state index is 13.1. The standard InChI is InChI=1S/2C25H35O4P.Al.H2O/c2*1-9-16-11-18-15-19-12-17(10-2)14-21(25(6,7)8)23(19)29-30(26,27)28-22(18)20(13-16)24(3,4)5;;/h2*11-14H,9-10,15H2,1-8H3,(H,26,27);;1H2. The van der Waals surface area contributed by atoms with Crippen molar-refractivity contribution >= 4 is 33.0 Å². The highest BCUT2D eigenvalue weighted by atomic mass is 31.2. The van der Waals surface area contributed by atoms with E-state index < -0.39 is 15.6 Å². The third-order valence-corrected chi connectivity index (χ3v) is 13.0. The predicted molar refractivity (Wildman–Crippen MR) is 255 cm³/mol. The van der Waals surface area contributed by atoms with Gasteiger partial charge in [-0.2, -0.15) is 0 Å². The minimum Gasteiger partial charge on any atom is -0.412 e. The monoisotopic (exact) mass is 905 g/mol. The van der Waals surface area contributed by atoms with Crippen molar-refractivity contribution in [2.24, 2.45) is 0 Å². The van der Waals surface area contributed by atoms with Crippen molar-refractivity contribution in [3.8, 4) is 23.0 Å². The van der Waals surface area contributed by atoms with Gasteiger partial charge in [-0.25, -0.2) is 9.13 Å². The fraction of sp³-hybridized carbons (Fsp3) is 0.520. The van der Waals surface area contributed by atoms with Gasteiger partial charge in [-0.1, -0.05) is 159 Å². The molecule has 0 aliphatic carbocycles. The van der Waals surface area contributed by atoms with E-state index in [9.17, 15) is 18.9 Å². The lowest BCUT2D eigenvalue weighted by molar-refractivity contribution is 0.279. The first-order chi connectivity index (χ1) is 27.5. The van der Waals surface area contributed by atoms with E-state index in [1.165, 1.54) is 22.3 Å². The largest absolute Gasteiger partial charge is 0.584 e. The molecule has 6 rings (SSSR count). The molecule has 12 heteroatoms. The Kier molecular flexibility index (Phi) is 16.5. The Morgan fingerprint density at radius 2 is 0.597 bits per heavy atom. The van der Waals surface area contributed by atoms with Gasteiger partial charge in [0.15, 0.2) is 0 Å². The summed E-state index contributed by atoms with van der Waals surface area (Å²) in [4.78, 5) is 21.4. The molecular weight excluding hydrogens is 833 g/mol. The number of rotatable bonds is 4. The Morgan fingerprint density at radius 1 is 0.419 bits per heavy atom.